The zero-order valence-electron chi connectivity index (χ0n) is 14.6. The summed E-state index contributed by atoms with van der Waals surface area (Å²) in [7, 11) is 0. The first-order valence-corrected chi connectivity index (χ1v) is 8.98. The third-order valence-electron chi connectivity index (χ3n) is 5.21. The van der Waals surface area contributed by atoms with Crippen molar-refractivity contribution < 1.29 is 4.79 Å². The molecular formula is C20H24N4O. The molecule has 5 nitrogen and oxygen atoms in total. The third-order valence-corrected chi connectivity index (χ3v) is 5.21. The van der Waals surface area contributed by atoms with Crippen LogP contribution in [0.3, 0.4) is 0 Å². The van der Waals surface area contributed by atoms with E-state index < -0.39 is 0 Å². The van der Waals surface area contributed by atoms with E-state index in [-0.39, 0.29) is 5.91 Å². The highest BCUT2D eigenvalue weighted by molar-refractivity contribution is 5.93. The van der Waals surface area contributed by atoms with Crippen molar-refractivity contribution in [3.05, 3.63) is 53.7 Å². The Morgan fingerprint density at radius 3 is 2.64 bits per heavy atom. The van der Waals surface area contributed by atoms with Crippen LogP contribution in [-0.4, -0.2) is 41.5 Å². The second-order valence-electron chi connectivity index (χ2n) is 7.02. The van der Waals surface area contributed by atoms with Crippen molar-refractivity contribution >= 4 is 17.4 Å². The van der Waals surface area contributed by atoms with Crippen molar-refractivity contribution in [2.45, 2.75) is 32.4 Å². The minimum absolute atomic E-state index is 0.0904. The zero-order valence-corrected chi connectivity index (χ0v) is 14.6. The third kappa shape index (κ3) is 3.51. The van der Waals surface area contributed by atoms with Gasteiger partial charge in [0.2, 0.25) is 5.91 Å². The summed E-state index contributed by atoms with van der Waals surface area (Å²) in [6, 6.07) is 12.8. The SMILES string of the molecule is Cc1ccc(N2CCC(N3CC(=O)Nc4ccccc4C3)CC2)nc1. The maximum atomic E-state index is 12.2. The normalized spacial score (nSPS) is 19.2. The molecule has 2 aromatic rings. The van der Waals surface area contributed by atoms with E-state index in [0.717, 1.165) is 44.0 Å². The molecule has 2 aliphatic heterocycles. The van der Waals surface area contributed by atoms with Crippen molar-refractivity contribution in [1.29, 1.82) is 0 Å². The molecule has 1 N–H and O–H groups in total. The first-order chi connectivity index (χ1) is 12.2. The van der Waals surface area contributed by atoms with Gasteiger partial charge in [0, 0.05) is 37.6 Å². The highest BCUT2D eigenvalue weighted by Gasteiger charge is 2.28. The first-order valence-electron chi connectivity index (χ1n) is 8.98. The highest BCUT2D eigenvalue weighted by atomic mass is 16.2. The van der Waals surface area contributed by atoms with Gasteiger partial charge in [0.25, 0.3) is 0 Å². The van der Waals surface area contributed by atoms with Crippen LogP contribution in [0.1, 0.15) is 24.0 Å². The molecule has 0 radical (unpaired) electrons. The molecule has 0 bridgehead atoms. The summed E-state index contributed by atoms with van der Waals surface area (Å²) < 4.78 is 0. The molecule has 25 heavy (non-hydrogen) atoms. The van der Waals surface area contributed by atoms with E-state index in [0.29, 0.717) is 12.6 Å². The van der Waals surface area contributed by atoms with Crippen LogP contribution in [0.5, 0.6) is 0 Å². The quantitative estimate of drug-likeness (QED) is 0.916. The molecule has 0 unspecified atom stereocenters. The van der Waals surface area contributed by atoms with Crippen LogP contribution in [0, 0.1) is 6.92 Å². The van der Waals surface area contributed by atoms with Crippen molar-refractivity contribution in [3.63, 3.8) is 0 Å². The van der Waals surface area contributed by atoms with Gasteiger partial charge in [-0.3, -0.25) is 9.69 Å². The van der Waals surface area contributed by atoms with E-state index in [9.17, 15) is 4.79 Å². The summed E-state index contributed by atoms with van der Waals surface area (Å²) in [6.45, 7) is 5.34. The lowest BCUT2D eigenvalue weighted by Crippen LogP contribution is -2.46. The Labute approximate surface area is 148 Å². The summed E-state index contributed by atoms with van der Waals surface area (Å²) in [5, 5.41) is 3.03. The van der Waals surface area contributed by atoms with Gasteiger partial charge in [0.15, 0.2) is 0 Å². The van der Waals surface area contributed by atoms with Gasteiger partial charge in [0.05, 0.1) is 6.54 Å². The minimum Gasteiger partial charge on any atom is -0.357 e. The number of piperidine rings is 1. The van der Waals surface area contributed by atoms with E-state index in [1.807, 2.05) is 24.4 Å². The predicted molar refractivity (Wildman–Crippen MR) is 99.7 cm³/mol. The summed E-state index contributed by atoms with van der Waals surface area (Å²) in [5.74, 6) is 1.15. The number of fused-ring (bicyclic) bond motifs is 1. The topological polar surface area (TPSA) is 48.5 Å². The van der Waals surface area contributed by atoms with E-state index in [1.165, 1.54) is 11.1 Å². The number of aryl methyl sites for hydroxylation is 1. The maximum absolute atomic E-state index is 12.2. The molecule has 1 amide bonds. The molecule has 3 heterocycles. The van der Waals surface area contributed by atoms with Gasteiger partial charge in [-0.15, -0.1) is 0 Å². The van der Waals surface area contributed by atoms with Crippen LogP contribution >= 0.6 is 0 Å². The Morgan fingerprint density at radius 2 is 1.88 bits per heavy atom. The van der Waals surface area contributed by atoms with Crippen LogP contribution in [0.2, 0.25) is 0 Å². The number of hydrogen-bond donors (Lipinski definition) is 1. The maximum Gasteiger partial charge on any atom is 0.238 e. The average Bonchev–Trinajstić information content (AvgIpc) is 2.80. The van der Waals surface area contributed by atoms with E-state index in [2.05, 4.69) is 45.2 Å². The number of carbonyl (C=O) groups excluding carboxylic acids is 1. The van der Waals surface area contributed by atoms with E-state index in [4.69, 9.17) is 0 Å². The average molecular weight is 336 g/mol. The standard InChI is InChI=1S/C20H24N4O/c1-15-6-7-19(21-12-15)23-10-8-17(9-11-23)24-13-16-4-2-3-5-18(16)22-20(25)14-24/h2-7,12,17H,8-11,13-14H2,1H3,(H,22,25). The van der Waals surface area contributed by atoms with E-state index in [1.54, 1.807) is 0 Å². The molecule has 5 heteroatoms. The Bertz CT molecular complexity index is 751. The van der Waals surface area contributed by atoms with Crippen LogP contribution < -0.4 is 10.2 Å². The summed E-state index contributed by atoms with van der Waals surface area (Å²) in [6.07, 6.45) is 4.05. The van der Waals surface area contributed by atoms with Crippen molar-refractivity contribution in [2.75, 3.05) is 29.9 Å². The van der Waals surface area contributed by atoms with Crippen LogP contribution in [0.25, 0.3) is 0 Å². The molecule has 130 valence electrons. The Kier molecular flexibility index (Phi) is 4.40. The lowest BCUT2D eigenvalue weighted by atomic mass is 10.0. The molecule has 1 aromatic carbocycles. The molecule has 0 spiro atoms. The van der Waals surface area contributed by atoms with Crippen LogP contribution in [0.15, 0.2) is 42.6 Å². The molecule has 1 aromatic heterocycles. The van der Waals surface area contributed by atoms with Gasteiger partial charge in [-0.2, -0.15) is 0 Å². The molecular weight excluding hydrogens is 312 g/mol. The smallest absolute Gasteiger partial charge is 0.238 e. The van der Waals surface area contributed by atoms with Gasteiger partial charge in [-0.1, -0.05) is 24.3 Å². The number of amides is 1. The lowest BCUT2D eigenvalue weighted by molar-refractivity contribution is -0.117. The second kappa shape index (κ2) is 6.84. The monoisotopic (exact) mass is 336 g/mol. The number of benzene rings is 1. The van der Waals surface area contributed by atoms with E-state index >= 15 is 0 Å². The molecule has 0 atom stereocenters. The number of aromatic nitrogens is 1. The van der Waals surface area contributed by atoms with Gasteiger partial charge in [0.1, 0.15) is 5.82 Å². The van der Waals surface area contributed by atoms with Crippen molar-refractivity contribution in [1.82, 2.24) is 9.88 Å². The Hall–Kier alpha value is -2.40. The molecule has 1 saturated heterocycles. The predicted octanol–water partition coefficient (Wildman–Crippen LogP) is 2.81. The fourth-order valence-electron chi connectivity index (χ4n) is 3.79. The fourth-order valence-corrected chi connectivity index (χ4v) is 3.79. The van der Waals surface area contributed by atoms with Gasteiger partial charge >= 0.3 is 0 Å². The number of anilines is 2. The number of para-hydroxylation sites is 1. The van der Waals surface area contributed by atoms with Crippen molar-refractivity contribution in [3.8, 4) is 0 Å². The van der Waals surface area contributed by atoms with Gasteiger partial charge in [-0.05, 0) is 43.0 Å². The minimum atomic E-state index is 0.0904. The fraction of sp³-hybridized carbons (Fsp3) is 0.400. The number of nitrogens with one attached hydrogen (secondary N) is 1. The zero-order chi connectivity index (χ0) is 17.2. The lowest BCUT2D eigenvalue weighted by Gasteiger charge is -2.38. The van der Waals surface area contributed by atoms with Crippen LogP contribution in [0.4, 0.5) is 11.5 Å². The first kappa shape index (κ1) is 16.1. The molecule has 4 rings (SSSR count). The molecule has 0 saturated carbocycles. The largest absolute Gasteiger partial charge is 0.357 e. The number of pyridine rings is 1. The summed E-state index contributed by atoms with van der Waals surface area (Å²) in [4.78, 5) is 21.5. The van der Waals surface area contributed by atoms with Gasteiger partial charge < -0.3 is 10.2 Å². The number of rotatable bonds is 2. The number of carbonyl (C=O) groups is 1. The molecule has 0 aliphatic carbocycles. The highest BCUT2D eigenvalue weighted by Crippen LogP contribution is 2.26. The summed E-state index contributed by atoms with van der Waals surface area (Å²) in [5.41, 5.74) is 3.35. The van der Waals surface area contributed by atoms with Crippen LogP contribution in [-0.2, 0) is 11.3 Å². The van der Waals surface area contributed by atoms with Crippen molar-refractivity contribution in [2.24, 2.45) is 0 Å². The molecule has 2 aliphatic rings. The van der Waals surface area contributed by atoms with Gasteiger partial charge in [-0.25, -0.2) is 4.98 Å². The Balaban J connectivity index is 1.43. The number of nitrogens with zero attached hydrogens (tertiary/aromatic N) is 3. The number of hydrogen-bond acceptors (Lipinski definition) is 4. The molecule has 1 fully saturated rings. The second-order valence-corrected chi connectivity index (χ2v) is 7.02. The summed E-state index contributed by atoms with van der Waals surface area (Å²) >= 11 is 0. The Morgan fingerprint density at radius 1 is 1.08 bits per heavy atom.